The Hall–Kier alpha value is -0.276. The first-order valence-corrected chi connectivity index (χ1v) is 2.12. The second-order valence-electron chi connectivity index (χ2n) is 1.14. The summed E-state index contributed by atoms with van der Waals surface area (Å²) in [5, 5.41) is 6.91. The number of aryl methyl sites for hydroxylation is 1. The molecule has 0 unspecified atom stereocenters. The van der Waals surface area contributed by atoms with Crippen molar-refractivity contribution in [1.29, 1.82) is 0 Å². The van der Waals surface area contributed by atoms with E-state index in [0.29, 0.717) is 5.89 Å². The molecule has 1 aromatic heterocycles. The van der Waals surface area contributed by atoms with Crippen molar-refractivity contribution in [2.24, 2.45) is 0 Å². The number of rotatable bonds is 1. The van der Waals surface area contributed by atoms with Gasteiger partial charge in [-0.05, 0) is 6.42 Å². The van der Waals surface area contributed by atoms with Crippen molar-refractivity contribution in [1.82, 2.24) is 10.2 Å². The smallest absolute Gasteiger partial charge is 0.613 e. The molecule has 0 fully saturated rings. The van der Waals surface area contributed by atoms with Crippen molar-refractivity contribution in [2.75, 3.05) is 0 Å². The molecule has 0 bridgehead atoms. The molecule has 1 aromatic rings. The maximum Gasteiger partial charge on any atom is 2.00 e. The van der Waals surface area contributed by atoms with Crippen LogP contribution in [0.5, 0.6) is 0 Å². The zero-order chi connectivity index (χ0) is 5.11. The molecule has 0 saturated carbocycles. The topological polar surface area (TPSA) is 38.9 Å². The van der Waals surface area contributed by atoms with Crippen molar-refractivity contribution < 1.29 is 23.0 Å². The molecule has 9 heavy (non-hydrogen) atoms. The van der Waals surface area contributed by atoms with Crippen LogP contribution >= 0.6 is 0 Å². The van der Waals surface area contributed by atoms with Crippen LogP contribution in [0.15, 0.2) is 4.42 Å². The van der Waals surface area contributed by atoms with Gasteiger partial charge in [-0.2, -0.15) is 0 Å². The van der Waals surface area contributed by atoms with Crippen molar-refractivity contribution >= 4 is 0 Å². The van der Waals surface area contributed by atoms with Crippen LogP contribution in [0.2, 0.25) is 0 Å². The van der Waals surface area contributed by atoms with Crippen LogP contribution in [0.3, 0.4) is 0 Å². The van der Waals surface area contributed by atoms with Crippen LogP contribution in [0.4, 0.5) is 0 Å². The van der Waals surface area contributed by atoms with Gasteiger partial charge < -0.3 is 11.8 Å². The van der Waals surface area contributed by atoms with Gasteiger partial charge in [0.05, 0.1) is 12.3 Å². The second kappa shape index (κ2) is 5.85. The predicted molar refractivity (Wildman–Crippen MR) is 28.9 cm³/mol. The minimum absolute atomic E-state index is 0. The Kier molecular flexibility index (Phi) is 7.49. The van der Waals surface area contributed by atoms with Gasteiger partial charge in [-0.1, -0.05) is 6.92 Å². The Bertz CT molecular complexity index is 130. The van der Waals surface area contributed by atoms with Gasteiger partial charge in [0, 0.05) is 0 Å². The Morgan fingerprint density at radius 2 is 2.33 bits per heavy atom. The molecule has 4 heteroatoms. The van der Waals surface area contributed by atoms with Crippen molar-refractivity contribution in [3.05, 3.63) is 19.7 Å². The van der Waals surface area contributed by atoms with E-state index >= 15 is 0 Å². The van der Waals surface area contributed by atoms with Gasteiger partial charge in [-0.15, -0.1) is 0 Å². The number of nitrogens with zero attached hydrogens (tertiary/aromatic N) is 2. The minimum Gasteiger partial charge on any atom is -0.613 e. The molecular weight excluding hydrogens is 155 g/mol. The summed E-state index contributed by atoms with van der Waals surface area (Å²) < 4.78 is 4.64. The van der Waals surface area contributed by atoms with Gasteiger partial charge in [0.1, 0.15) is 0 Å². The zero-order valence-corrected chi connectivity index (χ0v) is 6.85. The van der Waals surface area contributed by atoms with Gasteiger partial charge in [0.2, 0.25) is 0 Å². The Labute approximate surface area is 66.7 Å². The molecule has 1 rings (SSSR count). The van der Waals surface area contributed by atoms with Gasteiger partial charge in [-0.25, -0.2) is 10.2 Å². The summed E-state index contributed by atoms with van der Waals surface area (Å²) in [4.78, 5) is 0. The summed E-state index contributed by atoms with van der Waals surface area (Å²) in [5.41, 5.74) is 0. The van der Waals surface area contributed by atoms with E-state index < -0.39 is 0 Å². The van der Waals surface area contributed by atoms with Crippen molar-refractivity contribution in [3.8, 4) is 0 Å². The first-order chi connectivity index (χ1) is 3.43. The summed E-state index contributed by atoms with van der Waals surface area (Å²) in [6.45, 7) is 1.95. The van der Waals surface area contributed by atoms with Gasteiger partial charge in [-0.3, -0.25) is 0 Å². The van der Waals surface area contributed by atoms with E-state index in [1.165, 1.54) is 0 Å². The van der Waals surface area contributed by atoms with E-state index in [0.717, 1.165) is 6.42 Å². The molecule has 1 radical (unpaired) electrons. The van der Waals surface area contributed by atoms with E-state index in [-0.39, 0.29) is 26.0 Å². The van der Waals surface area contributed by atoms with Crippen LogP contribution < -0.4 is 0 Å². The third kappa shape index (κ3) is 3.33. The summed E-state index contributed by atoms with van der Waals surface area (Å²) in [6, 6.07) is 0. The molecule has 0 aliphatic heterocycles. The third-order valence-electron chi connectivity index (χ3n) is 0.668. The fourth-order valence-electron chi connectivity index (χ4n) is 0.313. The maximum absolute atomic E-state index is 4.64. The largest absolute Gasteiger partial charge is 2.00 e. The predicted octanol–water partition coefficient (Wildman–Crippen LogP) is 0.880. The van der Waals surface area contributed by atoms with E-state index in [1.807, 2.05) is 6.92 Å². The first kappa shape index (κ1) is 11.5. The average molecular weight is 163 g/mol. The quantitative estimate of drug-likeness (QED) is 0.577. The Morgan fingerprint density at radius 1 is 1.67 bits per heavy atom. The molecule has 1 heterocycles. The van der Waals surface area contributed by atoms with E-state index in [9.17, 15) is 0 Å². The summed E-state index contributed by atoms with van der Waals surface area (Å²) in [6.07, 6.45) is 3.03. The monoisotopic (exact) mass is 163 g/mol. The number of aromatic nitrogens is 2. The number of hydrogen-bond acceptors (Lipinski definition) is 3. The van der Waals surface area contributed by atoms with Gasteiger partial charge in [0.15, 0.2) is 0 Å². The van der Waals surface area contributed by atoms with Crippen molar-refractivity contribution in [3.63, 3.8) is 0 Å². The van der Waals surface area contributed by atoms with E-state index in [1.54, 1.807) is 0 Å². The van der Waals surface area contributed by atoms with Crippen LogP contribution in [0.1, 0.15) is 12.8 Å². The Morgan fingerprint density at radius 3 is 2.56 bits per heavy atom. The molecule has 0 spiro atoms. The Balaban J connectivity index is 0. The second-order valence-corrected chi connectivity index (χ2v) is 1.14. The van der Waals surface area contributed by atoms with E-state index in [2.05, 4.69) is 21.0 Å². The fraction of sp³-hybridized carbons (Fsp3) is 0.400. The van der Waals surface area contributed by atoms with Crippen molar-refractivity contribution in [2.45, 2.75) is 13.3 Å². The molecule has 0 saturated heterocycles. The average Bonchev–Trinajstić information content (AvgIpc) is 2.14. The van der Waals surface area contributed by atoms with Crippen LogP contribution in [0.25, 0.3) is 0 Å². The maximum atomic E-state index is 4.64. The summed E-state index contributed by atoms with van der Waals surface area (Å²) in [7, 11) is 0. The zero-order valence-electron chi connectivity index (χ0n) is 5.46. The summed E-state index contributed by atoms with van der Waals surface area (Å²) in [5.74, 6) is 0.639. The van der Waals surface area contributed by atoms with Crippen LogP contribution in [-0.4, -0.2) is 10.2 Å². The molecule has 0 aliphatic rings. The molecule has 0 N–H and O–H groups in total. The molecule has 0 amide bonds. The van der Waals surface area contributed by atoms with Crippen LogP contribution in [0, 0.1) is 13.8 Å². The third-order valence-corrected chi connectivity index (χ3v) is 0.668. The normalized spacial score (nSPS) is 7.22. The fourth-order valence-corrected chi connectivity index (χ4v) is 0.313. The van der Waals surface area contributed by atoms with Gasteiger partial charge >= 0.3 is 18.6 Å². The minimum atomic E-state index is 0. The molecule has 0 atom stereocenters. The molecular formula is C5H8N2OV. The first-order valence-electron chi connectivity index (χ1n) is 2.12. The molecule has 0 aliphatic carbocycles. The molecule has 3 nitrogen and oxygen atoms in total. The van der Waals surface area contributed by atoms with E-state index in [4.69, 9.17) is 0 Å². The SMILES string of the molecule is CCc1nn[c-]o1.[CH3-].[V+2]. The van der Waals surface area contributed by atoms with Crippen LogP contribution in [-0.2, 0) is 25.0 Å². The van der Waals surface area contributed by atoms with Gasteiger partial charge in [0.25, 0.3) is 0 Å². The number of hydrogen-bond donors (Lipinski definition) is 0. The molecule has 0 aromatic carbocycles. The standard InChI is InChI=1S/C4H5N2O.CH3.V/c1-2-4-6-5-3-7-4;;/h2H2,1H3;1H3;/q2*-1;+2. The molecule has 49 valence electrons. The summed E-state index contributed by atoms with van der Waals surface area (Å²) >= 11 is 0.